The summed E-state index contributed by atoms with van der Waals surface area (Å²) in [6.45, 7) is 4.56. The maximum absolute atomic E-state index is 11.4. The highest BCUT2D eigenvalue weighted by atomic mass is 32.1. The zero-order chi connectivity index (χ0) is 14.7. The van der Waals surface area contributed by atoms with Crippen molar-refractivity contribution in [3.05, 3.63) is 34.4 Å². The van der Waals surface area contributed by atoms with Gasteiger partial charge in [-0.1, -0.05) is 0 Å². The van der Waals surface area contributed by atoms with E-state index in [0.29, 0.717) is 12.2 Å². The standard InChI is InChI=1S/C14H16N4O2S/c19-14(20)13-12(10-2-1-3-16-8-10)17-11(21-13)9-18-6-4-15-5-7-18/h1-3,8,15H,4-7,9H2,(H,19,20). The first-order valence-corrected chi connectivity index (χ1v) is 7.62. The van der Waals surface area contributed by atoms with E-state index < -0.39 is 5.97 Å². The number of aromatic carboxylic acids is 1. The lowest BCUT2D eigenvalue weighted by Crippen LogP contribution is -2.42. The van der Waals surface area contributed by atoms with Crippen LogP contribution in [0.3, 0.4) is 0 Å². The number of carboxylic acid groups (broad SMARTS) is 1. The van der Waals surface area contributed by atoms with E-state index in [1.165, 1.54) is 11.3 Å². The normalized spacial score (nSPS) is 16.0. The van der Waals surface area contributed by atoms with Gasteiger partial charge >= 0.3 is 5.97 Å². The molecule has 0 aromatic carbocycles. The van der Waals surface area contributed by atoms with Crippen LogP contribution in [-0.2, 0) is 6.54 Å². The monoisotopic (exact) mass is 304 g/mol. The summed E-state index contributed by atoms with van der Waals surface area (Å²) in [6.07, 6.45) is 3.31. The molecule has 0 amide bonds. The van der Waals surface area contributed by atoms with Crippen LogP contribution in [0.15, 0.2) is 24.5 Å². The third kappa shape index (κ3) is 3.26. The summed E-state index contributed by atoms with van der Waals surface area (Å²) in [4.78, 5) is 22.6. The number of hydrogen-bond donors (Lipinski definition) is 2. The van der Waals surface area contributed by atoms with Crippen LogP contribution < -0.4 is 5.32 Å². The molecule has 1 aliphatic heterocycles. The predicted molar refractivity (Wildman–Crippen MR) is 80.5 cm³/mol. The average Bonchev–Trinajstić information content (AvgIpc) is 2.93. The van der Waals surface area contributed by atoms with E-state index >= 15 is 0 Å². The third-order valence-electron chi connectivity index (χ3n) is 3.37. The number of carbonyl (C=O) groups is 1. The minimum atomic E-state index is -0.932. The van der Waals surface area contributed by atoms with E-state index in [4.69, 9.17) is 0 Å². The van der Waals surface area contributed by atoms with Crippen molar-refractivity contribution in [3.8, 4) is 11.3 Å². The van der Waals surface area contributed by atoms with Crippen molar-refractivity contribution in [1.82, 2.24) is 20.2 Å². The van der Waals surface area contributed by atoms with Crippen molar-refractivity contribution in [1.29, 1.82) is 0 Å². The van der Waals surface area contributed by atoms with Crippen LogP contribution in [-0.4, -0.2) is 52.1 Å². The smallest absolute Gasteiger partial charge is 0.348 e. The van der Waals surface area contributed by atoms with Crippen molar-refractivity contribution >= 4 is 17.3 Å². The Morgan fingerprint density at radius 3 is 2.90 bits per heavy atom. The third-order valence-corrected chi connectivity index (χ3v) is 4.40. The molecule has 7 heteroatoms. The van der Waals surface area contributed by atoms with Gasteiger partial charge in [0.2, 0.25) is 0 Å². The molecule has 0 aliphatic carbocycles. The fourth-order valence-electron chi connectivity index (χ4n) is 2.34. The molecule has 2 N–H and O–H groups in total. The van der Waals surface area contributed by atoms with Crippen molar-refractivity contribution in [2.75, 3.05) is 26.2 Å². The number of rotatable bonds is 4. The molecule has 0 saturated carbocycles. The topological polar surface area (TPSA) is 78.4 Å². The fourth-order valence-corrected chi connectivity index (χ4v) is 3.30. The van der Waals surface area contributed by atoms with Crippen molar-refractivity contribution in [3.63, 3.8) is 0 Å². The molecule has 3 rings (SSSR count). The molecule has 2 aromatic rings. The van der Waals surface area contributed by atoms with Gasteiger partial charge in [-0.2, -0.15) is 0 Å². The molecule has 2 aromatic heterocycles. The van der Waals surface area contributed by atoms with E-state index in [9.17, 15) is 9.90 Å². The highest BCUT2D eigenvalue weighted by Crippen LogP contribution is 2.28. The molecule has 3 heterocycles. The zero-order valence-corrected chi connectivity index (χ0v) is 12.3. The number of aromatic nitrogens is 2. The molecule has 0 bridgehead atoms. The Kier molecular flexibility index (Phi) is 4.23. The molecule has 0 spiro atoms. The summed E-state index contributed by atoms with van der Waals surface area (Å²) >= 11 is 1.26. The maximum atomic E-state index is 11.4. The highest BCUT2D eigenvalue weighted by molar-refractivity contribution is 7.14. The van der Waals surface area contributed by atoms with Gasteiger partial charge in [0, 0.05) is 44.1 Å². The van der Waals surface area contributed by atoms with E-state index in [1.54, 1.807) is 18.5 Å². The lowest BCUT2D eigenvalue weighted by atomic mass is 10.2. The molecule has 1 aliphatic rings. The number of hydrogen-bond acceptors (Lipinski definition) is 6. The average molecular weight is 304 g/mol. The lowest BCUT2D eigenvalue weighted by molar-refractivity contribution is 0.0702. The largest absolute Gasteiger partial charge is 0.477 e. The van der Waals surface area contributed by atoms with Gasteiger partial charge in [0.05, 0.1) is 12.2 Å². The second-order valence-corrected chi connectivity index (χ2v) is 5.94. The minimum absolute atomic E-state index is 0.285. The molecule has 110 valence electrons. The summed E-state index contributed by atoms with van der Waals surface area (Å²) in [5.74, 6) is -0.932. The van der Waals surface area contributed by atoms with E-state index in [2.05, 4.69) is 20.2 Å². The maximum Gasteiger partial charge on any atom is 0.348 e. The van der Waals surface area contributed by atoms with Crippen molar-refractivity contribution in [2.24, 2.45) is 0 Å². The second-order valence-electron chi connectivity index (χ2n) is 4.86. The van der Waals surface area contributed by atoms with Gasteiger partial charge in [-0.25, -0.2) is 9.78 Å². The van der Waals surface area contributed by atoms with Gasteiger partial charge in [0.15, 0.2) is 0 Å². The van der Waals surface area contributed by atoms with Crippen LogP contribution in [0.2, 0.25) is 0 Å². The molecule has 1 saturated heterocycles. The minimum Gasteiger partial charge on any atom is -0.477 e. The van der Waals surface area contributed by atoms with Gasteiger partial charge in [-0.15, -0.1) is 11.3 Å². The van der Waals surface area contributed by atoms with Crippen LogP contribution >= 0.6 is 11.3 Å². The predicted octanol–water partition coefficient (Wildman–Crippen LogP) is 1.31. The Morgan fingerprint density at radius 2 is 2.24 bits per heavy atom. The Morgan fingerprint density at radius 1 is 1.43 bits per heavy atom. The molecular formula is C14H16N4O2S. The first-order valence-electron chi connectivity index (χ1n) is 6.80. The Labute approximate surface area is 126 Å². The molecular weight excluding hydrogens is 288 g/mol. The zero-order valence-electron chi connectivity index (χ0n) is 11.5. The molecule has 0 radical (unpaired) electrons. The molecule has 21 heavy (non-hydrogen) atoms. The number of pyridine rings is 1. The summed E-state index contributed by atoms with van der Waals surface area (Å²) in [5.41, 5.74) is 1.27. The molecule has 6 nitrogen and oxygen atoms in total. The van der Waals surface area contributed by atoms with Crippen LogP contribution in [0.25, 0.3) is 11.3 Å². The molecule has 0 atom stereocenters. The Hall–Kier alpha value is -1.83. The summed E-state index contributed by atoms with van der Waals surface area (Å²) in [6, 6.07) is 3.62. The first kappa shape index (κ1) is 14.1. The van der Waals surface area contributed by atoms with Crippen LogP contribution in [0, 0.1) is 0 Å². The van der Waals surface area contributed by atoms with E-state index in [-0.39, 0.29) is 4.88 Å². The lowest BCUT2D eigenvalue weighted by Gasteiger charge is -2.26. The van der Waals surface area contributed by atoms with E-state index in [1.807, 2.05) is 6.07 Å². The van der Waals surface area contributed by atoms with Crippen LogP contribution in [0.1, 0.15) is 14.7 Å². The number of piperazine rings is 1. The van der Waals surface area contributed by atoms with Gasteiger partial charge in [0.25, 0.3) is 0 Å². The van der Waals surface area contributed by atoms with Gasteiger partial charge in [0.1, 0.15) is 9.88 Å². The summed E-state index contributed by atoms with van der Waals surface area (Å²) < 4.78 is 0. The first-order chi connectivity index (χ1) is 10.2. The number of nitrogens with one attached hydrogen (secondary N) is 1. The SMILES string of the molecule is O=C(O)c1sc(CN2CCNCC2)nc1-c1cccnc1. The number of carboxylic acids is 1. The second kappa shape index (κ2) is 6.30. The number of nitrogens with zero attached hydrogens (tertiary/aromatic N) is 3. The fraction of sp³-hybridized carbons (Fsp3) is 0.357. The Balaban J connectivity index is 1.87. The van der Waals surface area contributed by atoms with Gasteiger partial charge < -0.3 is 10.4 Å². The Bertz CT molecular complexity index is 623. The van der Waals surface area contributed by atoms with Gasteiger partial charge in [-0.3, -0.25) is 9.88 Å². The van der Waals surface area contributed by atoms with E-state index in [0.717, 1.165) is 36.8 Å². The highest BCUT2D eigenvalue weighted by Gasteiger charge is 2.20. The quantitative estimate of drug-likeness (QED) is 0.887. The van der Waals surface area contributed by atoms with Crippen molar-refractivity contribution < 1.29 is 9.90 Å². The van der Waals surface area contributed by atoms with Gasteiger partial charge in [-0.05, 0) is 12.1 Å². The summed E-state index contributed by atoms with van der Waals surface area (Å²) in [7, 11) is 0. The van der Waals surface area contributed by atoms with Crippen LogP contribution in [0.4, 0.5) is 0 Å². The summed E-state index contributed by atoms with van der Waals surface area (Å²) in [5, 5.41) is 13.5. The van der Waals surface area contributed by atoms with Crippen LogP contribution in [0.5, 0.6) is 0 Å². The van der Waals surface area contributed by atoms with Crippen molar-refractivity contribution in [2.45, 2.75) is 6.54 Å². The molecule has 1 fully saturated rings. The number of thiazole rings is 1. The molecule has 0 unspecified atom stereocenters.